The number of amides is 1. The summed E-state index contributed by atoms with van der Waals surface area (Å²) in [7, 11) is 1.78. The van der Waals surface area contributed by atoms with E-state index >= 15 is 0 Å². The second-order valence-corrected chi connectivity index (χ2v) is 5.14. The Bertz CT molecular complexity index is 527. The fraction of sp³-hybridized carbons (Fsp3) is 0.643. The Morgan fingerprint density at radius 1 is 1.57 bits per heavy atom. The average Bonchev–Trinajstić information content (AvgIpc) is 2.78. The van der Waals surface area contributed by atoms with Crippen LogP contribution in [0, 0.1) is 6.92 Å². The van der Waals surface area contributed by atoms with E-state index in [1.165, 1.54) is 0 Å². The lowest BCUT2D eigenvalue weighted by Gasteiger charge is -2.36. The molecule has 1 amide bonds. The summed E-state index contributed by atoms with van der Waals surface area (Å²) in [6, 6.07) is -0.432. The van der Waals surface area contributed by atoms with E-state index in [2.05, 4.69) is 10.4 Å². The molecule has 2 heterocycles. The summed E-state index contributed by atoms with van der Waals surface area (Å²) in [5.74, 6) is 0.606. The number of carbonyl (C=O) groups is 2. The zero-order valence-corrected chi connectivity index (χ0v) is 12.8. The largest absolute Gasteiger partial charge is 0.377 e. The van der Waals surface area contributed by atoms with Gasteiger partial charge in [0.25, 0.3) is 0 Å². The topological polar surface area (TPSA) is 76.5 Å². The van der Waals surface area contributed by atoms with Crippen molar-refractivity contribution in [1.29, 1.82) is 0 Å². The minimum atomic E-state index is -0.432. The molecule has 0 spiro atoms. The molecule has 7 heteroatoms. The van der Waals surface area contributed by atoms with Gasteiger partial charge in [0.15, 0.2) is 6.29 Å². The highest BCUT2D eigenvalue weighted by molar-refractivity contribution is 5.89. The third kappa shape index (κ3) is 3.07. The summed E-state index contributed by atoms with van der Waals surface area (Å²) in [4.78, 5) is 25.6. The van der Waals surface area contributed by atoms with Crippen molar-refractivity contribution >= 4 is 18.0 Å². The molecular formula is C14H22N4O3. The molecule has 0 aliphatic carbocycles. The number of ether oxygens (including phenoxy) is 1. The van der Waals surface area contributed by atoms with Crippen LogP contribution >= 0.6 is 0 Å². The Hall–Kier alpha value is -1.89. The van der Waals surface area contributed by atoms with Crippen LogP contribution in [0.5, 0.6) is 0 Å². The summed E-state index contributed by atoms with van der Waals surface area (Å²) < 4.78 is 7.09. The van der Waals surface area contributed by atoms with Crippen molar-refractivity contribution in [3.63, 3.8) is 0 Å². The number of aldehydes is 1. The first-order chi connectivity index (χ1) is 10.1. The number of hydrogen-bond donors (Lipinski definition) is 1. The van der Waals surface area contributed by atoms with Crippen LogP contribution in [0.4, 0.5) is 5.82 Å². The fourth-order valence-electron chi connectivity index (χ4n) is 2.58. The van der Waals surface area contributed by atoms with Crippen LogP contribution in [0.25, 0.3) is 0 Å². The van der Waals surface area contributed by atoms with Gasteiger partial charge in [-0.15, -0.1) is 0 Å². The van der Waals surface area contributed by atoms with Crippen LogP contribution in [0.1, 0.15) is 29.4 Å². The Balaban J connectivity index is 2.30. The highest BCUT2D eigenvalue weighted by atomic mass is 16.5. The number of aromatic nitrogens is 2. The SMILES string of the molecule is CCCNC(=O)C1COCCN1c1c(C=O)c(C)nn1C. The molecule has 7 nitrogen and oxygen atoms in total. The van der Waals surface area contributed by atoms with Gasteiger partial charge >= 0.3 is 0 Å². The highest BCUT2D eigenvalue weighted by Gasteiger charge is 2.33. The first kappa shape index (κ1) is 15.5. The van der Waals surface area contributed by atoms with E-state index in [0.29, 0.717) is 43.4 Å². The molecule has 116 valence electrons. The number of carbonyl (C=O) groups excluding carboxylic acids is 2. The number of morpholine rings is 1. The zero-order valence-electron chi connectivity index (χ0n) is 12.8. The average molecular weight is 294 g/mol. The minimum absolute atomic E-state index is 0.0766. The van der Waals surface area contributed by atoms with Gasteiger partial charge in [0.05, 0.1) is 24.5 Å². The Labute approximate surface area is 124 Å². The van der Waals surface area contributed by atoms with E-state index in [1.54, 1.807) is 18.7 Å². The van der Waals surface area contributed by atoms with Gasteiger partial charge < -0.3 is 15.0 Å². The lowest BCUT2D eigenvalue weighted by molar-refractivity contribution is -0.124. The van der Waals surface area contributed by atoms with Crippen molar-refractivity contribution in [3.8, 4) is 0 Å². The maximum absolute atomic E-state index is 12.3. The normalized spacial score (nSPS) is 18.6. The minimum Gasteiger partial charge on any atom is -0.377 e. The molecule has 1 aromatic rings. The fourth-order valence-corrected chi connectivity index (χ4v) is 2.58. The van der Waals surface area contributed by atoms with Gasteiger partial charge in [-0.25, -0.2) is 0 Å². The van der Waals surface area contributed by atoms with Gasteiger partial charge in [0, 0.05) is 20.1 Å². The summed E-state index contributed by atoms with van der Waals surface area (Å²) in [5, 5.41) is 7.17. The zero-order chi connectivity index (χ0) is 15.4. The summed E-state index contributed by atoms with van der Waals surface area (Å²) in [6.07, 6.45) is 1.68. The summed E-state index contributed by atoms with van der Waals surface area (Å²) >= 11 is 0. The molecule has 1 unspecified atom stereocenters. The summed E-state index contributed by atoms with van der Waals surface area (Å²) in [5.41, 5.74) is 1.20. The molecule has 1 aromatic heterocycles. The molecule has 1 aliphatic rings. The van der Waals surface area contributed by atoms with Gasteiger partial charge in [-0.05, 0) is 13.3 Å². The predicted octanol–water partition coefficient (Wildman–Crippen LogP) is 0.272. The Morgan fingerprint density at radius 2 is 2.33 bits per heavy atom. The van der Waals surface area contributed by atoms with Crippen LogP contribution in [0.3, 0.4) is 0 Å². The third-order valence-electron chi connectivity index (χ3n) is 3.61. The molecule has 1 saturated heterocycles. The molecule has 0 radical (unpaired) electrons. The molecule has 2 rings (SSSR count). The van der Waals surface area contributed by atoms with Gasteiger partial charge in [0.1, 0.15) is 11.9 Å². The van der Waals surface area contributed by atoms with Crippen LogP contribution in [-0.2, 0) is 16.6 Å². The third-order valence-corrected chi connectivity index (χ3v) is 3.61. The molecule has 1 fully saturated rings. The number of aryl methyl sites for hydroxylation is 2. The molecule has 0 aromatic carbocycles. The van der Waals surface area contributed by atoms with Crippen molar-refractivity contribution in [3.05, 3.63) is 11.3 Å². The van der Waals surface area contributed by atoms with Gasteiger partial charge in [0.2, 0.25) is 5.91 Å². The number of nitrogens with zero attached hydrogens (tertiary/aromatic N) is 3. The lowest BCUT2D eigenvalue weighted by atomic mass is 10.1. The summed E-state index contributed by atoms with van der Waals surface area (Å²) in [6.45, 7) is 5.83. The molecule has 1 aliphatic heterocycles. The van der Waals surface area contributed by atoms with E-state index in [1.807, 2.05) is 11.8 Å². The van der Waals surface area contributed by atoms with E-state index in [9.17, 15) is 9.59 Å². The van der Waals surface area contributed by atoms with Crippen molar-refractivity contribution in [2.75, 3.05) is 31.2 Å². The number of nitrogens with one attached hydrogen (secondary N) is 1. The molecule has 1 atom stereocenters. The van der Waals surface area contributed by atoms with Gasteiger partial charge in [-0.3, -0.25) is 14.3 Å². The Morgan fingerprint density at radius 3 is 3.00 bits per heavy atom. The molecule has 0 saturated carbocycles. The quantitative estimate of drug-likeness (QED) is 0.789. The van der Waals surface area contributed by atoms with Crippen LogP contribution < -0.4 is 10.2 Å². The van der Waals surface area contributed by atoms with E-state index in [-0.39, 0.29) is 5.91 Å². The maximum atomic E-state index is 12.3. The van der Waals surface area contributed by atoms with E-state index < -0.39 is 6.04 Å². The van der Waals surface area contributed by atoms with Crippen molar-refractivity contribution in [2.24, 2.45) is 7.05 Å². The van der Waals surface area contributed by atoms with E-state index in [0.717, 1.165) is 12.7 Å². The van der Waals surface area contributed by atoms with E-state index in [4.69, 9.17) is 4.74 Å². The standard InChI is InChI=1S/C14H22N4O3/c1-4-5-15-13(20)12-9-21-7-6-18(12)14-11(8-19)10(2)16-17(14)3/h8,12H,4-7,9H2,1-3H3,(H,15,20). The number of anilines is 1. The molecular weight excluding hydrogens is 272 g/mol. The Kier molecular flexibility index (Phi) is 4.95. The number of rotatable bonds is 5. The van der Waals surface area contributed by atoms with Gasteiger partial charge in [-0.1, -0.05) is 6.92 Å². The molecule has 21 heavy (non-hydrogen) atoms. The number of hydrogen-bond acceptors (Lipinski definition) is 5. The van der Waals surface area contributed by atoms with Gasteiger partial charge in [-0.2, -0.15) is 5.10 Å². The van der Waals surface area contributed by atoms with Crippen molar-refractivity contribution < 1.29 is 14.3 Å². The van der Waals surface area contributed by atoms with Crippen molar-refractivity contribution in [2.45, 2.75) is 26.3 Å². The van der Waals surface area contributed by atoms with Crippen LogP contribution in [0.2, 0.25) is 0 Å². The van der Waals surface area contributed by atoms with Crippen molar-refractivity contribution in [1.82, 2.24) is 15.1 Å². The molecule has 0 bridgehead atoms. The van der Waals surface area contributed by atoms with Crippen LogP contribution in [-0.4, -0.2) is 54.3 Å². The highest BCUT2D eigenvalue weighted by Crippen LogP contribution is 2.25. The second kappa shape index (κ2) is 6.71. The first-order valence-electron chi connectivity index (χ1n) is 7.21. The molecule has 1 N–H and O–H groups in total. The van der Waals surface area contributed by atoms with Crippen LogP contribution in [0.15, 0.2) is 0 Å². The predicted molar refractivity (Wildman–Crippen MR) is 78.6 cm³/mol. The maximum Gasteiger partial charge on any atom is 0.245 e. The lowest BCUT2D eigenvalue weighted by Crippen LogP contribution is -2.54. The monoisotopic (exact) mass is 294 g/mol. The smallest absolute Gasteiger partial charge is 0.245 e. The second-order valence-electron chi connectivity index (χ2n) is 5.14. The first-order valence-corrected chi connectivity index (χ1v) is 7.21.